The fourth-order valence-electron chi connectivity index (χ4n) is 1.97. The number of benzene rings is 1. The number of thiophene rings is 1. The maximum atomic E-state index is 6.29. The number of nitrogens with two attached hydrogens (primary N) is 1. The summed E-state index contributed by atoms with van der Waals surface area (Å²) in [6, 6.07) is 11.6. The Bertz CT molecular complexity index is 741. The van der Waals surface area contributed by atoms with E-state index in [9.17, 15) is 0 Å². The van der Waals surface area contributed by atoms with Crippen LogP contribution < -0.4 is 5.73 Å². The van der Waals surface area contributed by atoms with Crippen LogP contribution in [0.5, 0.6) is 0 Å². The molecule has 0 aliphatic rings. The number of fused-ring (bicyclic) bond motifs is 1. The molecule has 2 heterocycles. The van der Waals surface area contributed by atoms with Crippen LogP contribution in [0.1, 0.15) is 16.6 Å². The third-order valence-electron chi connectivity index (χ3n) is 2.93. The molecule has 0 saturated heterocycles. The summed E-state index contributed by atoms with van der Waals surface area (Å²) < 4.78 is 0.906. The minimum Gasteiger partial charge on any atom is -0.318 e. The van der Waals surface area contributed by atoms with Gasteiger partial charge in [0.1, 0.15) is 0 Å². The van der Waals surface area contributed by atoms with Crippen LogP contribution in [-0.4, -0.2) is 4.98 Å². The first-order valence-corrected chi connectivity index (χ1v) is 7.75. The largest absolute Gasteiger partial charge is 0.318 e. The highest BCUT2D eigenvalue weighted by molar-refractivity contribution is 9.10. The molecule has 1 atom stereocenters. The van der Waals surface area contributed by atoms with Crippen molar-refractivity contribution in [3.05, 3.63) is 61.8 Å². The summed E-state index contributed by atoms with van der Waals surface area (Å²) in [4.78, 5) is 5.58. The molecule has 2 nitrogen and oxygen atoms in total. The van der Waals surface area contributed by atoms with Crippen LogP contribution in [0.15, 0.2) is 46.3 Å². The van der Waals surface area contributed by atoms with Crippen molar-refractivity contribution >= 4 is 49.8 Å². The molecule has 0 aliphatic carbocycles. The molecule has 96 valence electrons. The van der Waals surface area contributed by atoms with E-state index in [4.69, 9.17) is 17.3 Å². The highest BCUT2D eigenvalue weighted by atomic mass is 79.9. The van der Waals surface area contributed by atoms with Gasteiger partial charge in [0, 0.05) is 14.7 Å². The van der Waals surface area contributed by atoms with E-state index in [-0.39, 0.29) is 6.04 Å². The van der Waals surface area contributed by atoms with Gasteiger partial charge in [-0.1, -0.05) is 29.8 Å². The molecule has 2 aromatic heterocycles. The second-order valence-electron chi connectivity index (χ2n) is 4.16. The standard InChI is InChI=1S/C14H10BrClN2S/c15-9-7-8-3-1-2-4-11(8)18-13(9)12(17)14-10(16)5-6-19-14/h1-7,12H,17H2. The first-order chi connectivity index (χ1) is 9.16. The summed E-state index contributed by atoms with van der Waals surface area (Å²) in [5.74, 6) is 0. The van der Waals surface area contributed by atoms with Crippen molar-refractivity contribution in [1.82, 2.24) is 4.98 Å². The van der Waals surface area contributed by atoms with E-state index < -0.39 is 0 Å². The monoisotopic (exact) mass is 352 g/mol. The van der Waals surface area contributed by atoms with Crippen LogP contribution in [0.4, 0.5) is 0 Å². The zero-order valence-electron chi connectivity index (χ0n) is 9.81. The lowest BCUT2D eigenvalue weighted by Gasteiger charge is -2.13. The minimum absolute atomic E-state index is 0.313. The van der Waals surface area contributed by atoms with Gasteiger partial charge in [0.2, 0.25) is 0 Å². The van der Waals surface area contributed by atoms with Gasteiger partial charge in [-0.2, -0.15) is 0 Å². The predicted molar refractivity (Wildman–Crippen MR) is 84.8 cm³/mol. The third-order valence-corrected chi connectivity index (χ3v) is 5.00. The van der Waals surface area contributed by atoms with Crippen molar-refractivity contribution in [1.29, 1.82) is 0 Å². The fraction of sp³-hybridized carbons (Fsp3) is 0.0714. The van der Waals surface area contributed by atoms with E-state index in [1.54, 1.807) is 11.3 Å². The molecule has 19 heavy (non-hydrogen) atoms. The molecule has 1 unspecified atom stereocenters. The molecule has 2 N–H and O–H groups in total. The molecule has 0 amide bonds. The van der Waals surface area contributed by atoms with Gasteiger partial charge in [0.05, 0.1) is 22.3 Å². The van der Waals surface area contributed by atoms with Crippen molar-refractivity contribution in [3.63, 3.8) is 0 Å². The molecule has 3 aromatic rings. The number of nitrogens with zero attached hydrogens (tertiary/aromatic N) is 1. The van der Waals surface area contributed by atoms with Crippen LogP contribution in [0.3, 0.4) is 0 Å². The molecule has 5 heteroatoms. The lowest BCUT2D eigenvalue weighted by Crippen LogP contribution is -2.13. The third kappa shape index (κ3) is 2.41. The van der Waals surface area contributed by atoms with Crippen molar-refractivity contribution in [3.8, 4) is 0 Å². The molecule has 0 bridgehead atoms. The number of hydrogen-bond acceptors (Lipinski definition) is 3. The van der Waals surface area contributed by atoms with Crippen molar-refractivity contribution in [2.45, 2.75) is 6.04 Å². The van der Waals surface area contributed by atoms with E-state index in [0.29, 0.717) is 5.02 Å². The van der Waals surface area contributed by atoms with Crippen molar-refractivity contribution < 1.29 is 0 Å². The Balaban J connectivity index is 2.14. The molecular weight excluding hydrogens is 344 g/mol. The lowest BCUT2D eigenvalue weighted by atomic mass is 10.1. The SMILES string of the molecule is NC(c1nc2ccccc2cc1Br)c1sccc1Cl. The molecule has 3 rings (SSSR count). The summed E-state index contributed by atoms with van der Waals surface area (Å²) in [5, 5.41) is 3.72. The van der Waals surface area contributed by atoms with Crippen LogP contribution in [-0.2, 0) is 0 Å². The van der Waals surface area contributed by atoms with E-state index in [1.807, 2.05) is 41.8 Å². The molecule has 1 aromatic carbocycles. The molecule has 0 fully saturated rings. The molecule has 0 radical (unpaired) electrons. The fourth-order valence-corrected chi connectivity index (χ4v) is 3.74. The Morgan fingerprint density at radius 3 is 2.79 bits per heavy atom. The van der Waals surface area contributed by atoms with E-state index in [0.717, 1.165) is 25.9 Å². The smallest absolute Gasteiger partial charge is 0.0846 e. The predicted octanol–water partition coefficient (Wildman–Crippen LogP) is 4.76. The van der Waals surface area contributed by atoms with Gasteiger partial charge in [-0.15, -0.1) is 11.3 Å². The second-order valence-corrected chi connectivity index (χ2v) is 6.37. The molecule has 0 spiro atoms. The van der Waals surface area contributed by atoms with Gasteiger partial charge < -0.3 is 5.73 Å². The lowest BCUT2D eigenvalue weighted by molar-refractivity contribution is 0.848. The molecule has 0 aliphatic heterocycles. The van der Waals surface area contributed by atoms with Crippen LogP contribution >= 0.6 is 38.9 Å². The van der Waals surface area contributed by atoms with Gasteiger partial charge >= 0.3 is 0 Å². The average molecular weight is 354 g/mol. The Morgan fingerprint density at radius 2 is 2.05 bits per heavy atom. The number of pyridine rings is 1. The number of rotatable bonds is 2. The summed E-state index contributed by atoms with van der Waals surface area (Å²) in [6.45, 7) is 0. The van der Waals surface area contributed by atoms with Gasteiger partial charge in [0.15, 0.2) is 0 Å². The average Bonchev–Trinajstić information content (AvgIpc) is 2.83. The zero-order valence-corrected chi connectivity index (χ0v) is 13.0. The van der Waals surface area contributed by atoms with Gasteiger partial charge in [0.25, 0.3) is 0 Å². The van der Waals surface area contributed by atoms with E-state index in [1.165, 1.54) is 0 Å². The normalized spacial score (nSPS) is 12.8. The number of para-hydroxylation sites is 1. The van der Waals surface area contributed by atoms with Crippen LogP contribution in [0.2, 0.25) is 5.02 Å². The number of aromatic nitrogens is 1. The summed E-state index contributed by atoms with van der Waals surface area (Å²) in [7, 11) is 0. The first-order valence-electron chi connectivity index (χ1n) is 5.70. The second kappa shape index (κ2) is 5.21. The Morgan fingerprint density at radius 1 is 1.26 bits per heavy atom. The van der Waals surface area contributed by atoms with Gasteiger partial charge in [-0.25, -0.2) is 4.98 Å². The van der Waals surface area contributed by atoms with Gasteiger partial charge in [-0.05, 0) is 39.5 Å². The number of halogens is 2. The minimum atomic E-state index is -0.313. The van der Waals surface area contributed by atoms with Gasteiger partial charge in [-0.3, -0.25) is 0 Å². The Hall–Kier alpha value is -0.940. The van der Waals surface area contributed by atoms with Crippen molar-refractivity contribution in [2.75, 3.05) is 0 Å². The summed E-state index contributed by atoms with van der Waals surface area (Å²) in [5.41, 5.74) is 8.03. The maximum Gasteiger partial charge on any atom is 0.0846 e. The highest BCUT2D eigenvalue weighted by Gasteiger charge is 2.18. The Kier molecular flexibility index (Phi) is 3.58. The molecular formula is C14H10BrClN2S. The highest BCUT2D eigenvalue weighted by Crippen LogP contribution is 2.34. The quantitative estimate of drug-likeness (QED) is 0.721. The summed E-state index contributed by atoms with van der Waals surface area (Å²) in [6.07, 6.45) is 0. The van der Waals surface area contributed by atoms with Crippen LogP contribution in [0.25, 0.3) is 10.9 Å². The topological polar surface area (TPSA) is 38.9 Å². The zero-order chi connectivity index (χ0) is 13.4. The number of hydrogen-bond donors (Lipinski definition) is 1. The summed E-state index contributed by atoms with van der Waals surface area (Å²) >= 11 is 11.2. The molecule has 0 saturated carbocycles. The first kappa shape index (κ1) is 13.1. The van der Waals surface area contributed by atoms with Crippen molar-refractivity contribution in [2.24, 2.45) is 5.73 Å². The van der Waals surface area contributed by atoms with E-state index in [2.05, 4.69) is 20.9 Å². The maximum absolute atomic E-state index is 6.29. The van der Waals surface area contributed by atoms with Crippen LogP contribution in [0, 0.1) is 0 Å². The Labute approximate surface area is 128 Å². The van der Waals surface area contributed by atoms with E-state index >= 15 is 0 Å².